The van der Waals surface area contributed by atoms with Crippen molar-refractivity contribution in [1.82, 2.24) is 10.2 Å². The minimum Gasteiger partial charge on any atom is -0.481 e. The molecule has 0 aromatic heterocycles. The zero-order valence-corrected chi connectivity index (χ0v) is 9.40. The van der Waals surface area contributed by atoms with Gasteiger partial charge in [0, 0.05) is 13.1 Å². The first-order chi connectivity index (χ1) is 7.36. The highest BCUT2D eigenvalue weighted by Gasteiger charge is 2.17. The zero-order valence-electron chi connectivity index (χ0n) is 9.40. The summed E-state index contributed by atoms with van der Waals surface area (Å²) in [5, 5.41) is 11.1. The first-order valence-electron chi connectivity index (χ1n) is 4.88. The molecule has 7 nitrogen and oxygen atoms in total. The number of carboxylic acid groups (broad SMARTS) is 1. The summed E-state index contributed by atoms with van der Waals surface area (Å²) in [4.78, 5) is 33.6. The fourth-order valence-corrected chi connectivity index (χ4v) is 1.10. The van der Waals surface area contributed by atoms with Gasteiger partial charge in [-0.25, -0.2) is 4.79 Å². The summed E-state index contributed by atoms with van der Waals surface area (Å²) >= 11 is 0. The van der Waals surface area contributed by atoms with Gasteiger partial charge in [-0.3, -0.25) is 9.59 Å². The lowest BCUT2D eigenvalue weighted by molar-refractivity contribution is -0.137. The second kappa shape index (κ2) is 6.65. The highest BCUT2D eigenvalue weighted by molar-refractivity contribution is 5.83. The number of hydrogen-bond donors (Lipinski definition) is 3. The van der Waals surface area contributed by atoms with Crippen molar-refractivity contribution in [3.8, 4) is 0 Å². The summed E-state index contributed by atoms with van der Waals surface area (Å²) in [7, 11) is 1.41. The average Bonchev–Trinajstić information content (AvgIpc) is 2.14. The van der Waals surface area contributed by atoms with Gasteiger partial charge < -0.3 is 21.1 Å². The van der Waals surface area contributed by atoms with Crippen molar-refractivity contribution >= 4 is 17.9 Å². The van der Waals surface area contributed by atoms with Crippen molar-refractivity contribution in [2.45, 2.75) is 25.8 Å². The van der Waals surface area contributed by atoms with Gasteiger partial charge >= 0.3 is 12.0 Å². The van der Waals surface area contributed by atoms with Gasteiger partial charge in [-0.15, -0.1) is 0 Å². The number of carboxylic acids is 1. The Hall–Kier alpha value is -1.79. The molecular formula is C9H17N3O4. The number of rotatable bonds is 6. The lowest BCUT2D eigenvalue weighted by Gasteiger charge is -2.20. The van der Waals surface area contributed by atoms with Crippen molar-refractivity contribution in [2.24, 2.45) is 5.73 Å². The first-order valence-corrected chi connectivity index (χ1v) is 4.88. The molecule has 0 radical (unpaired) electrons. The number of amides is 3. The number of nitrogens with zero attached hydrogens (tertiary/aromatic N) is 1. The fourth-order valence-electron chi connectivity index (χ4n) is 1.10. The normalized spacial score (nSPS) is 11.6. The molecule has 0 aromatic rings. The van der Waals surface area contributed by atoms with E-state index in [0.29, 0.717) is 6.42 Å². The van der Waals surface area contributed by atoms with Crippen LogP contribution in [0.25, 0.3) is 0 Å². The number of urea groups is 1. The Morgan fingerprint density at radius 2 is 2.00 bits per heavy atom. The van der Waals surface area contributed by atoms with E-state index in [9.17, 15) is 14.4 Å². The number of nitrogens with one attached hydrogen (secondary N) is 1. The number of aliphatic carboxylic acids is 1. The SMILES string of the molecule is CCC(CC(=O)O)NC(=O)N(C)CC(N)=O. The minimum atomic E-state index is -0.982. The molecule has 1 unspecified atom stereocenters. The van der Waals surface area contributed by atoms with E-state index in [1.807, 2.05) is 0 Å². The van der Waals surface area contributed by atoms with E-state index >= 15 is 0 Å². The second-order valence-corrected chi connectivity index (χ2v) is 3.47. The van der Waals surface area contributed by atoms with E-state index in [0.717, 1.165) is 4.90 Å². The standard InChI is InChI=1S/C9H17N3O4/c1-3-6(4-8(14)15)11-9(16)12(2)5-7(10)13/h6H,3-5H2,1-2H3,(H2,10,13)(H,11,16)(H,14,15). The molecule has 0 saturated carbocycles. The molecule has 0 spiro atoms. The van der Waals surface area contributed by atoms with Crippen LogP contribution in [0, 0.1) is 0 Å². The number of carbonyl (C=O) groups is 3. The molecule has 1 atom stereocenters. The summed E-state index contributed by atoms with van der Waals surface area (Å²) in [5.41, 5.74) is 4.92. The third kappa shape index (κ3) is 5.84. The van der Waals surface area contributed by atoms with E-state index < -0.39 is 23.9 Å². The smallest absolute Gasteiger partial charge is 0.317 e. The van der Waals surface area contributed by atoms with Crippen molar-refractivity contribution in [3.63, 3.8) is 0 Å². The molecule has 0 rings (SSSR count). The van der Waals surface area contributed by atoms with Crippen LogP contribution >= 0.6 is 0 Å². The van der Waals surface area contributed by atoms with Gasteiger partial charge in [0.05, 0.1) is 6.42 Å². The van der Waals surface area contributed by atoms with E-state index in [1.165, 1.54) is 7.05 Å². The van der Waals surface area contributed by atoms with Gasteiger partial charge in [0.2, 0.25) is 5.91 Å². The van der Waals surface area contributed by atoms with Gasteiger partial charge in [-0.1, -0.05) is 6.92 Å². The Morgan fingerprint density at radius 1 is 1.44 bits per heavy atom. The molecule has 7 heteroatoms. The highest BCUT2D eigenvalue weighted by atomic mass is 16.4. The Kier molecular flexibility index (Phi) is 5.91. The Bertz CT molecular complexity index is 280. The van der Waals surface area contributed by atoms with Crippen LogP contribution in [0.5, 0.6) is 0 Å². The van der Waals surface area contributed by atoms with Crippen LogP contribution in [0.1, 0.15) is 19.8 Å². The third-order valence-electron chi connectivity index (χ3n) is 1.98. The van der Waals surface area contributed by atoms with Gasteiger partial charge in [0.1, 0.15) is 6.54 Å². The van der Waals surface area contributed by atoms with Crippen LogP contribution in [0.2, 0.25) is 0 Å². The lowest BCUT2D eigenvalue weighted by atomic mass is 10.1. The third-order valence-corrected chi connectivity index (χ3v) is 1.98. The van der Waals surface area contributed by atoms with Crippen LogP contribution in [0.15, 0.2) is 0 Å². The molecule has 4 N–H and O–H groups in total. The number of primary amides is 1. The van der Waals surface area contributed by atoms with Crippen molar-refractivity contribution in [3.05, 3.63) is 0 Å². The van der Waals surface area contributed by atoms with Crippen LogP contribution < -0.4 is 11.1 Å². The highest BCUT2D eigenvalue weighted by Crippen LogP contribution is 1.98. The Balaban J connectivity index is 4.18. The molecule has 0 saturated heterocycles. The number of nitrogens with two attached hydrogens (primary N) is 1. The van der Waals surface area contributed by atoms with Gasteiger partial charge in [-0.2, -0.15) is 0 Å². The lowest BCUT2D eigenvalue weighted by Crippen LogP contribution is -2.46. The quantitative estimate of drug-likeness (QED) is 0.564. The van der Waals surface area contributed by atoms with Gasteiger partial charge in [-0.05, 0) is 6.42 Å². The molecule has 0 fully saturated rings. The maximum atomic E-state index is 11.4. The maximum Gasteiger partial charge on any atom is 0.317 e. The Morgan fingerprint density at radius 3 is 2.38 bits per heavy atom. The van der Waals surface area contributed by atoms with E-state index in [-0.39, 0.29) is 13.0 Å². The van der Waals surface area contributed by atoms with Crippen molar-refractivity contribution in [2.75, 3.05) is 13.6 Å². The predicted octanol–water partition coefficient (Wildman–Crippen LogP) is -0.634. The van der Waals surface area contributed by atoms with Crippen LogP contribution in [-0.2, 0) is 9.59 Å². The monoisotopic (exact) mass is 231 g/mol. The zero-order chi connectivity index (χ0) is 12.7. The molecule has 3 amide bonds. The van der Waals surface area contributed by atoms with E-state index in [2.05, 4.69) is 5.32 Å². The molecule has 16 heavy (non-hydrogen) atoms. The number of likely N-dealkylation sites (N-methyl/N-ethyl adjacent to an activating group) is 1. The average molecular weight is 231 g/mol. The summed E-state index contributed by atoms with van der Waals surface area (Å²) < 4.78 is 0. The molecule has 0 bridgehead atoms. The van der Waals surface area contributed by atoms with E-state index in [4.69, 9.17) is 10.8 Å². The Labute approximate surface area is 93.6 Å². The molecule has 0 aliphatic heterocycles. The largest absolute Gasteiger partial charge is 0.481 e. The number of hydrogen-bond acceptors (Lipinski definition) is 3. The van der Waals surface area contributed by atoms with E-state index in [1.54, 1.807) is 6.92 Å². The molecule has 0 aliphatic rings. The first kappa shape index (κ1) is 14.2. The minimum absolute atomic E-state index is 0.146. The van der Waals surface area contributed by atoms with Crippen LogP contribution in [0.3, 0.4) is 0 Å². The molecule has 0 heterocycles. The van der Waals surface area contributed by atoms with Crippen molar-refractivity contribution in [1.29, 1.82) is 0 Å². The predicted molar refractivity (Wildman–Crippen MR) is 56.7 cm³/mol. The van der Waals surface area contributed by atoms with Gasteiger partial charge in [0.15, 0.2) is 0 Å². The second-order valence-electron chi connectivity index (χ2n) is 3.47. The summed E-state index contributed by atoms with van der Waals surface area (Å²) in [6.45, 7) is 1.57. The molecular weight excluding hydrogens is 214 g/mol. The van der Waals surface area contributed by atoms with Gasteiger partial charge in [0.25, 0.3) is 0 Å². The molecule has 0 aliphatic carbocycles. The molecule has 92 valence electrons. The van der Waals surface area contributed by atoms with Crippen LogP contribution in [0.4, 0.5) is 4.79 Å². The number of carbonyl (C=O) groups excluding carboxylic acids is 2. The molecule has 0 aromatic carbocycles. The maximum absolute atomic E-state index is 11.4. The topological polar surface area (TPSA) is 113 Å². The van der Waals surface area contributed by atoms with Crippen molar-refractivity contribution < 1.29 is 19.5 Å². The summed E-state index contributed by atoms with van der Waals surface area (Å²) in [6.07, 6.45) is 0.356. The summed E-state index contributed by atoms with van der Waals surface area (Å²) in [6, 6.07) is -0.952. The van der Waals surface area contributed by atoms with Crippen LogP contribution in [-0.4, -0.2) is 47.5 Å². The fraction of sp³-hybridized carbons (Fsp3) is 0.667. The summed E-state index contributed by atoms with van der Waals surface area (Å²) in [5.74, 6) is -1.60.